The first-order valence-electron chi connectivity index (χ1n) is 4.97. The Morgan fingerprint density at radius 1 is 1.00 bits per heavy atom. The molecule has 0 spiro atoms. The number of hydrogen-bond donors (Lipinski definition) is 2. The van der Waals surface area contributed by atoms with Gasteiger partial charge < -0.3 is 10.6 Å². The summed E-state index contributed by atoms with van der Waals surface area (Å²) in [6, 6.07) is 0. The van der Waals surface area contributed by atoms with Crippen molar-refractivity contribution in [2.45, 2.75) is 25.7 Å². The Labute approximate surface area is 83.8 Å². The minimum atomic E-state index is 0.0492. The molecule has 0 unspecified atom stereocenters. The Hall–Kier alpha value is -1.32. The van der Waals surface area contributed by atoms with Gasteiger partial charge in [-0.05, 0) is 12.8 Å². The van der Waals surface area contributed by atoms with Gasteiger partial charge in [0.25, 0.3) is 0 Å². The number of hydrogen-bond acceptors (Lipinski definition) is 2. The monoisotopic (exact) mass is 196 g/mol. The Morgan fingerprint density at radius 2 is 1.71 bits per heavy atom. The molecule has 0 aromatic carbocycles. The smallest absolute Gasteiger partial charge is 0.223 e. The third-order valence-electron chi connectivity index (χ3n) is 2.01. The molecule has 1 rings (SSSR count). The van der Waals surface area contributed by atoms with Crippen molar-refractivity contribution in [1.82, 2.24) is 10.6 Å². The molecule has 4 heteroatoms. The van der Waals surface area contributed by atoms with Gasteiger partial charge in [0, 0.05) is 25.9 Å². The fourth-order valence-electron chi connectivity index (χ4n) is 1.23. The van der Waals surface area contributed by atoms with Crippen molar-refractivity contribution in [2.75, 3.05) is 13.1 Å². The van der Waals surface area contributed by atoms with Gasteiger partial charge in [0.05, 0.1) is 0 Å². The lowest BCUT2D eigenvalue weighted by molar-refractivity contribution is -0.121. The molecule has 0 atom stereocenters. The molecule has 78 valence electrons. The standard InChI is InChI=1S/C10H16N2O2/c13-9-5-2-1-3-6-10(14)12-8-4-7-11-9/h1-2H,3-8H2,(H,11,13)(H,12,14)/b2-1-. The molecule has 2 N–H and O–H groups in total. The van der Waals surface area contributed by atoms with Gasteiger partial charge in [-0.3, -0.25) is 9.59 Å². The molecule has 0 saturated heterocycles. The van der Waals surface area contributed by atoms with Crippen LogP contribution >= 0.6 is 0 Å². The largest absolute Gasteiger partial charge is 0.356 e. The number of nitrogens with one attached hydrogen (secondary N) is 2. The normalized spacial score (nSPS) is 22.6. The van der Waals surface area contributed by atoms with Crippen LogP contribution in [0.3, 0.4) is 0 Å². The molecule has 0 radical (unpaired) electrons. The molecule has 0 bridgehead atoms. The number of allylic oxidation sites excluding steroid dienone is 1. The zero-order chi connectivity index (χ0) is 10.2. The predicted octanol–water partition coefficient (Wildman–Crippen LogP) is 0.349. The second kappa shape index (κ2) is 6.18. The molecule has 0 saturated carbocycles. The van der Waals surface area contributed by atoms with Crippen molar-refractivity contribution in [2.24, 2.45) is 0 Å². The summed E-state index contributed by atoms with van der Waals surface area (Å²) >= 11 is 0. The molecule has 4 nitrogen and oxygen atoms in total. The fraction of sp³-hybridized carbons (Fsp3) is 0.600. The van der Waals surface area contributed by atoms with Gasteiger partial charge >= 0.3 is 0 Å². The first-order chi connectivity index (χ1) is 6.79. The SMILES string of the molecule is O=C1C/C=C\CCC(=O)NCCCN1. The molecule has 1 aliphatic heterocycles. The van der Waals surface area contributed by atoms with E-state index in [-0.39, 0.29) is 11.8 Å². The molecular weight excluding hydrogens is 180 g/mol. The number of carbonyl (C=O) groups excluding carboxylic acids is 2. The highest BCUT2D eigenvalue weighted by Gasteiger charge is 2.01. The highest BCUT2D eigenvalue weighted by atomic mass is 16.2. The molecule has 0 aliphatic carbocycles. The van der Waals surface area contributed by atoms with Crippen LogP contribution in [0.25, 0.3) is 0 Å². The van der Waals surface area contributed by atoms with E-state index >= 15 is 0 Å². The summed E-state index contributed by atoms with van der Waals surface area (Å²) in [5.74, 6) is 0.134. The maximum Gasteiger partial charge on any atom is 0.223 e. The van der Waals surface area contributed by atoms with Crippen molar-refractivity contribution in [3.63, 3.8) is 0 Å². The van der Waals surface area contributed by atoms with Gasteiger partial charge in [-0.25, -0.2) is 0 Å². The number of amides is 2. The molecule has 0 aromatic heterocycles. The predicted molar refractivity (Wildman–Crippen MR) is 53.6 cm³/mol. The molecule has 0 fully saturated rings. The fourth-order valence-corrected chi connectivity index (χ4v) is 1.23. The van der Waals surface area contributed by atoms with Gasteiger partial charge in [-0.15, -0.1) is 0 Å². The average Bonchev–Trinajstić information content (AvgIpc) is 2.14. The Balaban J connectivity index is 2.37. The first kappa shape index (κ1) is 10.8. The van der Waals surface area contributed by atoms with Crippen LogP contribution in [0, 0.1) is 0 Å². The van der Waals surface area contributed by atoms with Crippen LogP contribution in [-0.2, 0) is 9.59 Å². The number of carbonyl (C=O) groups is 2. The third-order valence-corrected chi connectivity index (χ3v) is 2.01. The van der Waals surface area contributed by atoms with Crippen molar-refractivity contribution in [3.05, 3.63) is 12.2 Å². The van der Waals surface area contributed by atoms with Crippen LogP contribution in [0.4, 0.5) is 0 Å². The zero-order valence-corrected chi connectivity index (χ0v) is 8.21. The Kier molecular flexibility index (Phi) is 4.75. The lowest BCUT2D eigenvalue weighted by Crippen LogP contribution is -2.29. The summed E-state index contributed by atoms with van der Waals surface area (Å²) in [5, 5.41) is 5.56. The van der Waals surface area contributed by atoms with Gasteiger partial charge in [-0.2, -0.15) is 0 Å². The van der Waals surface area contributed by atoms with E-state index < -0.39 is 0 Å². The molecule has 1 aliphatic rings. The maximum atomic E-state index is 11.1. The van der Waals surface area contributed by atoms with E-state index in [1.807, 2.05) is 12.2 Å². The summed E-state index contributed by atoms with van der Waals surface area (Å²) in [6.07, 6.45) is 6.12. The molecule has 1 heterocycles. The van der Waals surface area contributed by atoms with Crippen LogP contribution in [0.15, 0.2) is 12.2 Å². The van der Waals surface area contributed by atoms with Crippen molar-refractivity contribution in [1.29, 1.82) is 0 Å². The van der Waals surface area contributed by atoms with Gasteiger partial charge in [-0.1, -0.05) is 12.2 Å². The minimum absolute atomic E-state index is 0.0492. The molecular formula is C10H16N2O2. The molecule has 2 amide bonds. The third kappa shape index (κ3) is 4.64. The van der Waals surface area contributed by atoms with Crippen LogP contribution in [0.5, 0.6) is 0 Å². The lowest BCUT2D eigenvalue weighted by atomic mass is 10.2. The first-order valence-corrected chi connectivity index (χ1v) is 4.97. The lowest BCUT2D eigenvalue weighted by Gasteiger charge is -2.06. The second-order valence-electron chi connectivity index (χ2n) is 3.27. The Bertz CT molecular complexity index is 236. The van der Waals surface area contributed by atoms with Crippen LogP contribution in [-0.4, -0.2) is 24.9 Å². The van der Waals surface area contributed by atoms with Crippen LogP contribution < -0.4 is 10.6 Å². The Morgan fingerprint density at radius 3 is 2.50 bits per heavy atom. The minimum Gasteiger partial charge on any atom is -0.356 e. The van der Waals surface area contributed by atoms with Crippen molar-refractivity contribution in [3.8, 4) is 0 Å². The van der Waals surface area contributed by atoms with E-state index in [0.717, 1.165) is 6.42 Å². The average molecular weight is 196 g/mol. The summed E-state index contributed by atoms with van der Waals surface area (Å²) < 4.78 is 0. The van der Waals surface area contributed by atoms with E-state index in [1.54, 1.807) is 0 Å². The van der Waals surface area contributed by atoms with Crippen molar-refractivity contribution < 1.29 is 9.59 Å². The quantitative estimate of drug-likeness (QED) is 0.549. The summed E-state index contributed by atoms with van der Waals surface area (Å²) in [7, 11) is 0. The van der Waals surface area contributed by atoms with Crippen LogP contribution in [0.2, 0.25) is 0 Å². The van der Waals surface area contributed by atoms with Gasteiger partial charge in [0.15, 0.2) is 0 Å². The van der Waals surface area contributed by atoms with E-state index in [1.165, 1.54) is 0 Å². The molecule has 0 aromatic rings. The topological polar surface area (TPSA) is 58.2 Å². The van der Waals surface area contributed by atoms with Crippen molar-refractivity contribution >= 4 is 11.8 Å². The van der Waals surface area contributed by atoms with Gasteiger partial charge in [0.1, 0.15) is 0 Å². The zero-order valence-electron chi connectivity index (χ0n) is 8.21. The van der Waals surface area contributed by atoms with E-state index in [9.17, 15) is 9.59 Å². The summed E-state index contributed by atoms with van der Waals surface area (Å²) in [5.41, 5.74) is 0. The van der Waals surface area contributed by atoms with Gasteiger partial charge in [0.2, 0.25) is 11.8 Å². The maximum absolute atomic E-state index is 11.1. The van der Waals surface area contributed by atoms with Crippen LogP contribution in [0.1, 0.15) is 25.7 Å². The highest BCUT2D eigenvalue weighted by Crippen LogP contribution is 1.94. The van der Waals surface area contributed by atoms with E-state index in [0.29, 0.717) is 32.4 Å². The summed E-state index contributed by atoms with van der Waals surface area (Å²) in [4.78, 5) is 22.2. The van der Waals surface area contributed by atoms with E-state index in [2.05, 4.69) is 10.6 Å². The number of rotatable bonds is 0. The molecule has 14 heavy (non-hydrogen) atoms. The highest BCUT2D eigenvalue weighted by molar-refractivity contribution is 5.78. The second-order valence-corrected chi connectivity index (χ2v) is 3.27. The summed E-state index contributed by atoms with van der Waals surface area (Å²) in [6.45, 7) is 1.27. The van der Waals surface area contributed by atoms with E-state index in [4.69, 9.17) is 0 Å².